The lowest BCUT2D eigenvalue weighted by molar-refractivity contribution is 0.581. The monoisotopic (exact) mass is 344 g/mol. The first-order valence-corrected chi connectivity index (χ1v) is 8.56. The molecule has 24 heavy (non-hydrogen) atoms. The Labute approximate surface area is 144 Å². The average molecular weight is 344 g/mol. The number of aromatic nitrogens is 4. The zero-order chi connectivity index (χ0) is 17.1. The van der Waals surface area contributed by atoms with Crippen molar-refractivity contribution in [2.75, 3.05) is 24.3 Å². The van der Waals surface area contributed by atoms with E-state index in [1.165, 1.54) is 0 Å². The van der Waals surface area contributed by atoms with E-state index in [0.29, 0.717) is 18.4 Å². The highest BCUT2D eigenvalue weighted by molar-refractivity contribution is 7.13. The second kappa shape index (κ2) is 6.96. The van der Waals surface area contributed by atoms with Gasteiger partial charge in [-0.05, 0) is 12.1 Å². The van der Waals surface area contributed by atoms with Crippen LogP contribution in [-0.2, 0) is 6.54 Å². The largest absolute Gasteiger partial charge is 0.462 e. The maximum Gasteiger partial charge on any atom is 0.229 e. The Balaban J connectivity index is 1.74. The molecule has 8 heteroatoms. The average Bonchev–Trinajstić information content (AvgIpc) is 3.23. The molecule has 0 saturated heterocycles. The molecule has 3 aromatic heterocycles. The fourth-order valence-corrected chi connectivity index (χ4v) is 2.78. The van der Waals surface area contributed by atoms with E-state index in [2.05, 4.69) is 39.1 Å². The number of anilines is 2. The number of furan rings is 1. The van der Waals surface area contributed by atoms with Crippen LogP contribution in [0.3, 0.4) is 0 Å². The molecule has 126 valence electrons. The molecular formula is C16H20N6OS. The highest BCUT2D eigenvalue weighted by Gasteiger charge is 2.12. The topological polar surface area (TPSA) is 80.0 Å². The molecule has 0 aromatic carbocycles. The van der Waals surface area contributed by atoms with E-state index >= 15 is 0 Å². The molecule has 0 fully saturated rings. The lowest BCUT2D eigenvalue weighted by Crippen LogP contribution is -2.17. The molecule has 1 N–H and O–H groups in total. The SMILES string of the molecule is CC(C)c1nc(NCc2csc(-c3ccco3)n2)nc(N(C)C)n1. The van der Waals surface area contributed by atoms with Gasteiger partial charge in [0, 0.05) is 25.4 Å². The van der Waals surface area contributed by atoms with Crippen LogP contribution < -0.4 is 10.2 Å². The van der Waals surface area contributed by atoms with Crippen LogP contribution in [0.2, 0.25) is 0 Å². The molecule has 3 aromatic rings. The Morgan fingerprint density at radius 2 is 2.04 bits per heavy atom. The minimum absolute atomic E-state index is 0.233. The summed E-state index contributed by atoms with van der Waals surface area (Å²) < 4.78 is 5.37. The number of nitrogens with zero attached hydrogens (tertiary/aromatic N) is 5. The Kier molecular flexibility index (Phi) is 4.75. The molecule has 7 nitrogen and oxygen atoms in total. The summed E-state index contributed by atoms with van der Waals surface area (Å²) in [6.45, 7) is 4.68. The first-order chi connectivity index (χ1) is 11.5. The molecule has 0 aliphatic rings. The molecule has 0 radical (unpaired) electrons. The van der Waals surface area contributed by atoms with Gasteiger partial charge in [0.2, 0.25) is 11.9 Å². The highest BCUT2D eigenvalue weighted by Crippen LogP contribution is 2.24. The fraction of sp³-hybridized carbons (Fsp3) is 0.375. The standard InChI is InChI=1S/C16H20N6OS/c1-10(2)13-19-15(21-16(20-13)22(3)4)17-8-11-9-24-14(18-11)12-6-5-7-23-12/h5-7,9-10H,8H2,1-4H3,(H,17,19,20,21). The van der Waals surface area contributed by atoms with Crippen molar-refractivity contribution < 1.29 is 4.42 Å². The Morgan fingerprint density at radius 3 is 2.71 bits per heavy atom. The third-order valence-electron chi connectivity index (χ3n) is 3.27. The number of thiazole rings is 1. The van der Waals surface area contributed by atoms with Crippen LogP contribution in [0.5, 0.6) is 0 Å². The third-order valence-corrected chi connectivity index (χ3v) is 4.17. The summed E-state index contributed by atoms with van der Waals surface area (Å²) in [6, 6.07) is 3.76. The predicted molar refractivity (Wildman–Crippen MR) is 95.4 cm³/mol. The predicted octanol–water partition coefficient (Wildman–Crippen LogP) is 3.39. The summed E-state index contributed by atoms with van der Waals surface area (Å²) in [5.41, 5.74) is 0.921. The molecule has 0 aliphatic carbocycles. The molecule has 0 spiro atoms. The lowest BCUT2D eigenvalue weighted by atomic mass is 10.2. The second-order valence-corrected chi connectivity index (χ2v) is 6.70. The third kappa shape index (κ3) is 3.70. The van der Waals surface area contributed by atoms with Crippen LogP contribution in [0.1, 0.15) is 31.3 Å². The smallest absolute Gasteiger partial charge is 0.229 e. The molecule has 0 saturated carbocycles. The molecule has 0 bridgehead atoms. The minimum Gasteiger partial charge on any atom is -0.462 e. The summed E-state index contributed by atoms with van der Waals surface area (Å²) in [5, 5.41) is 6.10. The fourth-order valence-electron chi connectivity index (χ4n) is 1.99. The molecule has 3 rings (SSSR count). The van der Waals surface area contributed by atoms with Crippen molar-refractivity contribution in [3.8, 4) is 10.8 Å². The van der Waals surface area contributed by atoms with Crippen molar-refractivity contribution >= 4 is 23.2 Å². The van der Waals surface area contributed by atoms with Crippen LogP contribution in [0.25, 0.3) is 10.8 Å². The van der Waals surface area contributed by atoms with E-state index in [9.17, 15) is 0 Å². The Hall–Kier alpha value is -2.48. The zero-order valence-corrected chi connectivity index (χ0v) is 15.0. The van der Waals surface area contributed by atoms with Gasteiger partial charge in [-0.2, -0.15) is 15.0 Å². The van der Waals surface area contributed by atoms with Gasteiger partial charge < -0.3 is 14.6 Å². The van der Waals surface area contributed by atoms with Crippen LogP contribution in [0.4, 0.5) is 11.9 Å². The van der Waals surface area contributed by atoms with Crippen LogP contribution in [0.15, 0.2) is 28.2 Å². The first kappa shape index (κ1) is 16.4. The maximum atomic E-state index is 5.37. The Bertz CT molecular complexity index is 771. The minimum atomic E-state index is 0.233. The van der Waals surface area contributed by atoms with E-state index in [4.69, 9.17) is 4.42 Å². The lowest BCUT2D eigenvalue weighted by Gasteiger charge is -2.14. The zero-order valence-electron chi connectivity index (χ0n) is 14.1. The summed E-state index contributed by atoms with van der Waals surface area (Å²) in [6.07, 6.45) is 1.65. The van der Waals surface area contributed by atoms with Gasteiger partial charge in [0.1, 0.15) is 5.82 Å². The number of hydrogen-bond acceptors (Lipinski definition) is 8. The van der Waals surface area contributed by atoms with E-state index in [0.717, 1.165) is 22.3 Å². The molecule has 3 heterocycles. The van der Waals surface area contributed by atoms with Gasteiger partial charge in [0.15, 0.2) is 10.8 Å². The number of rotatable bonds is 6. The molecule has 0 amide bonds. The van der Waals surface area contributed by atoms with Gasteiger partial charge in [-0.15, -0.1) is 11.3 Å². The van der Waals surface area contributed by atoms with E-state index in [-0.39, 0.29) is 5.92 Å². The van der Waals surface area contributed by atoms with Crippen molar-refractivity contribution in [3.63, 3.8) is 0 Å². The van der Waals surface area contributed by atoms with Gasteiger partial charge in [0.05, 0.1) is 18.5 Å². The number of hydrogen-bond donors (Lipinski definition) is 1. The van der Waals surface area contributed by atoms with Crippen molar-refractivity contribution in [1.82, 2.24) is 19.9 Å². The van der Waals surface area contributed by atoms with Gasteiger partial charge in [-0.1, -0.05) is 13.8 Å². The maximum absolute atomic E-state index is 5.37. The molecule has 0 atom stereocenters. The molecule has 0 aliphatic heterocycles. The van der Waals surface area contributed by atoms with E-state index in [1.54, 1.807) is 17.6 Å². The second-order valence-electron chi connectivity index (χ2n) is 5.84. The van der Waals surface area contributed by atoms with Gasteiger partial charge in [0.25, 0.3) is 0 Å². The van der Waals surface area contributed by atoms with E-state index in [1.807, 2.05) is 36.5 Å². The number of nitrogens with one attached hydrogen (secondary N) is 1. The molecular weight excluding hydrogens is 324 g/mol. The Morgan fingerprint density at radius 1 is 1.21 bits per heavy atom. The highest BCUT2D eigenvalue weighted by atomic mass is 32.1. The van der Waals surface area contributed by atoms with Crippen molar-refractivity contribution in [2.24, 2.45) is 0 Å². The summed E-state index contributed by atoms with van der Waals surface area (Å²) >= 11 is 1.55. The van der Waals surface area contributed by atoms with Gasteiger partial charge in [-0.3, -0.25) is 0 Å². The quantitative estimate of drug-likeness (QED) is 0.734. The van der Waals surface area contributed by atoms with Crippen LogP contribution in [-0.4, -0.2) is 34.0 Å². The van der Waals surface area contributed by atoms with Crippen molar-refractivity contribution in [3.05, 3.63) is 35.3 Å². The van der Waals surface area contributed by atoms with Gasteiger partial charge >= 0.3 is 0 Å². The summed E-state index contributed by atoms with van der Waals surface area (Å²) in [5.74, 6) is 2.99. The van der Waals surface area contributed by atoms with Crippen molar-refractivity contribution in [2.45, 2.75) is 26.3 Å². The normalized spacial score (nSPS) is 11.0. The first-order valence-electron chi connectivity index (χ1n) is 7.68. The van der Waals surface area contributed by atoms with Crippen LogP contribution in [0, 0.1) is 0 Å². The van der Waals surface area contributed by atoms with Gasteiger partial charge in [-0.25, -0.2) is 4.98 Å². The van der Waals surface area contributed by atoms with Crippen molar-refractivity contribution in [1.29, 1.82) is 0 Å². The van der Waals surface area contributed by atoms with E-state index < -0.39 is 0 Å². The molecule has 0 unspecified atom stereocenters. The van der Waals surface area contributed by atoms with Crippen LogP contribution >= 0.6 is 11.3 Å². The summed E-state index contributed by atoms with van der Waals surface area (Å²) in [7, 11) is 3.83. The summed E-state index contributed by atoms with van der Waals surface area (Å²) in [4.78, 5) is 19.8.